The van der Waals surface area contributed by atoms with Gasteiger partial charge >= 0.3 is 0 Å². The highest BCUT2D eigenvalue weighted by Gasteiger charge is 2.15. The van der Waals surface area contributed by atoms with E-state index in [2.05, 4.69) is 9.93 Å². The smallest absolute Gasteiger partial charge is 0.258 e. The molecule has 0 atom stereocenters. The lowest BCUT2D eigenvalue weighted by Crippen LogP contribution is -2.19. The van der Waals surface area contributed by atoms with Gasteiger partial charge in [0.1, 0.15) is 0 Å². The van der Waals surface area contributed by atoms with E-state index in [0.29, 0.717) is 11.1 Å². The molecule has 0 saturated heterocycles. The molecule has 0 unspecified atom stereocenters. The zero-order chi connectivity index (χ0) is 17.0. The number of rotatable bonds is 5. The number of hydrogen-bond donors (Lipinski definition) is 1. The number of hydrogen-bond acceptors (Lipinski definition) is 5. The molecule has 0 spiro atoms. The van der Waals surface area contributed by atoms with Crippen LogP contribution in [0, 0.1) is 24.0 Å². The first-order valence-corrected chi connectivity index (χ1v) is 8.14. The molecule has 0 aliphatic heterocycles. The number of hydrazone groups is 1. The van der Waals surface area contributed by atoms with Crippen molar-refractivity contribution in [1.82, 2.24) is 4.83 Å². The Morgan fingerprint density at radius 1 is 1.17 bits per heavy atom. The van der Waals surface area contributed by atoms with Crippen LogP contribution in [0.5, 0.6) is 0 Å². The average Bonchev–Trinajstić information content (AvgIpc) is 2.49. The van der Waals surface area contributed by atoms with Crippen LogP contribution in [-0.2, 0) is 10.0 Å². The quantitative estimate of drug-likeness (QED) is 0.516. The molecule has 1 N–H and O–H groups in total. The van der Waals surface area contributed by atoms with Crippen molar-refractivity contribution in [1.29, 1.82) is 0 Å². The molecule has 2 aromatic rings. The molecule has 0 fully saturated rings. The van der Waals surface area contributed by atoms with E-state index in [4.69, 9.17) is 0 Å². The number of nitro groups is 1. The first-order valence-electron chi connectivity index (χ1n) is 6.66. The maximum atomic E-state index is 12.2. The summed E-state index contributed by atoms with van der Waals surface area (Å²) in [5, 5.41) is 14.4. The van der Waals surface area contributed by atoms with E-state index in [9.17, 15) is 18.5 Å². The normalized spacial score (nSPS) is 11.6. The van der Waals surface area contributed by atoms with E-state index < -0.39 is 14.9 Å². The van der Waals surface area contributed by atoms with Gasteiger partial charge in [-0.25, -0.2) is 4.83 Å². The van der Waals surface area contributed by atoms with Crippen LogP contribution in [0.15, 0.2) is 52.5 Å². The Labute approximate surface area is 133 Å². The Morgan fingerprint density at radius 3 is 2.61 bits per heavy atom. The lowest BCUT2D eigenvalue weighted by atomic mass is 10.2. The molecule has 8 heteroatoms. The minimum Gasteiger partial charge on any atom is -0.258 e. The number of sulfonamides is 1. The maximum Gasteiger partial charge on any atom is 0.276 e. The zero-order valence-electron chi connectivity index (χ0n) is 12.6. The third kappa shape index (κ3) is 4.13. The molecule has 0 saturated carbocycles. The third-order valence-corrected chi connectivity index (χ3v) is 4.47. The van der Waals surface area contributed by atoms with Gasteiger partial charge in [-0.3, -0.25) is 10.1 Å². The van der Waals surface area contributed by atoms with Crippen molar-refractivity contribution in [3.63, 3.8) is 0 Å². The van der Waals surface area contributed by atoms with E-state index >= 15 is 0 Å². The van der Waals surface area contributed by atoms with Crippen molar-refractivity contribution in [3.05, 3.63) is 69.3 Å². The fourth-order valence-corrected chi connectivity index (χ4v) is 3.06. The molecule has 0 aliphatic rings. The summed E-state index contributed by atoms with van der Waals surface area (Å²) in [4.78, 5) is 12.4. The number of nitrogens with zero attached hydrogens (tertiary/aromatic N) is 2. The lowest BCUT2D eigenvalue weighted by Gasteiger charge is -2.07. The van der Waals surface area contributed by atoms with E-state index in [1.54, 1.807) is 32.0 Å². The molecule has 0 amide bonds. The van der Waals surface area contributed by atoms with Crippen LogP contribution in [0.25, 0.3) is 0 Å². The SMILES string of the molecule is Cc1ccc(C)c(S(=O)(=O)NN=Cc2cccc([N+](=O)[O-])c2)c1. The zero-order valence-corrected chi connectivity index (χ0v) is 13.4. The fourth-order valence-electron chi connectivity index (χ4n) is 1.93. The summed E-state index contributed by atoms with van der Waals surface area (Å²) in [6.45, 7) is 3.49. The predicted octanol–water partition coefficient (Wildman–Crippen LogP) is 2.52. The minimum atomic E-state index is -3.79. The largest absolute Gasteiger partial charge is 0.276 e. The minimum absolute atomic E-state index is 0.0914. The number of benzene rings is 2. The molecule has 0 aliphatic carbocycles. The summed E-state index contributed by atoms with van der Waals surface area (Å²) in [5.41, 5.74) is 1.75. The van der Waals surface area contributed by atoms with E-state index in [1.807, 2.05) is 6.07 Å². The van der Waals surface area contributed by atoms with Gasteiger partial charge < -0.3 is 0 Å². The Kier molecular flexibility index (Phi) is 4.75. The highest BCUT2D eigenvalue weighted by Crippen LogP contribution is 2.16. The van der Waals surface area contributed by atoms with Gasteiger partial charge in [0.05, 0.1) is 16.0 Å². The predicted molar refractivity (Wildman–Crippen MR) is 86.9 cm³/mol. The first kappa shape index (κ1) is 16.6. The highest BCUT2D eigenvalue weighted by atomic mass is 32.2. The molecule has 7 nitrogen and oxygen atoms in total. The van der Waals surface area contributed by atoms with Crippen LogP contribution in [0.3, 0.4) is 0 Å². The van der Waals surface area contributed by atoms with Crippen molar-refractivity contribution >= 4 is 21.9 Å². The van der Waals surface area contributed by atoms with Gasteiger partial charge in [-0.2, -0.15) is 13.5 Å². The van der Waals surface area contributed by atoms with E-state index in [1.165, 1.54) is 24.4 Å². The molecule has 0 bridgehead atoms. The molecule has 0 aromatic heterocycles. The molecule has 120 valence electrons. The first-order chi connectivity index (χ1) is 10.8. The molecular formula is C15H15N3O4S. The van der Waals surface area contributed by atoms with Gasteiger partial charge in [-0.15, -0.1) is 0 Å². The van der Waals surface area contributed by atoms with Gasteiger partial charge in [-0.05, 0) is 31.0 Å². The number of aryl methyl sites for hydroxylation is 2. The molecule has 2 aromatic carbocycles. The van der Waals surface area contributed by atoms with Gasteiger partial charge in [0.2, 0.25) is 0 Å². The van der Waals surface area contributed by atoms with E-state index in [0.717, 1.165) is 5.56 Å². The van der Waals surface area contributed by atoms with Gasteiger partial charge in [0.25, 0.3) is 15.7 Å². The van der Waals surface area contributed by atoms with Crippen molar-refractivity contribution in [2.24, 2.45) is 5.10 Å². The van der Waals surface area contributed by atoms with Crippen LogP contribution in [0.1, 0.15) is 16.7 Å². The standard InChI is InChI=1S/C15H15N3O4S/c1-11-6-7-12(2)15(8-11)23(21,22)17-16-10-13-4-3-5-14(9-13)18(19)20/h3-10,17H,1-2H3. The Bertz CT molecular complexity index is 876. The number of nitro benzene ring substituents is 1. The van der Waals surface area contributed by atoms with Crippen LogP contribution < -0.4 is 4.83 Å². The van der Waals surface area contributed by atoms with Gasteiger partial charge in [0.15, 0.2) is 0 Å². The fraction of sp³-hybridized carbons (Fsp3) is 0.133. The average molecular weight is 333 g/mol. The summed E-state index contributed by atoms with van der Waals surface area (Å²) in [7, 11) is -3.79. The molecule has 2 rings (SSSR count). The third-order valence-electron chi connectivity index (χ3n) is 3.10. The van der Waals surface area contributed by atoms with Crippen LogP contribution in [0.4, 0.5) is 5.69 Å². The van der Waals surface area contributed by atoms with Gasteiger partial charge in [-0.1, -0.05) is 24.3 Å². The topological polar surface area (TPSA) is 102 Å². The summed E-state index contributed by atoms with van der Waals surface area (Å²) in [5.74, 6) is 0. The molecule has 23 heavy (non-hydrogen) atoms. The van der Waals surface area contributed by atoms with Crippen LogP contribution >= 0.6 is 0 Å². The summed E-state index contributed by atoms with van der Waals surface area (Å²) >= 11 is 0. The van der Waals surface area contributed by atoms with Crippen LogP contribution in [-0.4, -0.2) is 19.6 Å². The van der Waals surface area contributed by atoms with Gasteiger partial charge in [0, 0.05) is 17.7 Å². The number of nitrogens with one attached hydrogen (secondary N) is 1. The van der Waals surface area contributed by atoms with Crippen molar-refractivity contribution < 1.29 is 13.3 Å². The molecule has 0 heterocycles. The molecule has 0 radical (unpaired) electrons. The Hall–Kier alpha value is -2.74. The van der Waals surface area contributed by atoms with Crippen molar-refractivity contribution in [2.45, 2.75) is 18.7 Å². The van der Waals surface area contributed by atoms with Crippen LogP contribution in [0.2, 0.25) is 0 Å². The highest BCUT2D eigenvalue weighted by molar-refractivity contribution is 7.89. The summed E-state index contributed by atoms with van der Waals surface area (Å²) < 4.78 is 24.5. The second-order valence-corrected chi connectivity index (χ2v) is 6.60. The maximum absolute atomic E-state index is 12.2. The van der Waals surface area contributed by atoms with Crippen molar-refractivity contribution in [2.75, 3.05) is 0 Å². The lowest BCUT2D eigenvalue weighted by molar-refractivity contribution is -0.384. The Balaban J connectivity index is 2.20. The summed E-state index contributed by atoms with van der Waals surface area (Å²) in [6.07, 6.45) is 1.22. The second-order valence-electron chi connectivity index (χ2n) is 4.97. The van der Waals surface area contributed by atoms with Crippen molar-refractivity contribution in [3.8, 4) is 0 Å². The number of non-ortho nitro benzene ring substituents is 1. The second kappa shape index (κ2) is 6.57. The summed E-state index contributed by atoms with van der Waals surface area (Å²) in [6, 6.07) is 10.8. The Morgan fingerprint density at radius 2 is 1.91 bits per heavy atom. The van der Waals surface area contributed by atoms with E-state index in [-0.39, 0.29) is 10.6 Å². The monoisotopic (exact) mass is 333 g/mol. The molecular weight excluding hydrogens is 318 g/mol.